The van der Waals surface area contributed by atoms with Gasteiger partial charge in [-0.15, -0.1) is 10.2 Å². The summed E-state index contributed by atoms with van der Waals surface area (Å²) in [6.45, 7) is 6.68. The molecule has 0 bridgehead atoms. The molecule has 0 saturated heterocycles. The van der Waals surface area contributed by atoms with Crippen LogP contribution < -0.4 is 5.32 Å². The summed E-state index contributed by atoms with van der Waals surface area (Å²) in [7, 11) is 0. The fourth-order valence-electron chi connectivity index (χ4n) is 3.03. The van der Waals surface area contributed by atoms with Crippen LogP contribution in [0.1, 0.15) is 49.6 Å². The van der Waals surface area contributed by atoms with E-state index in [1.807, 2.05) is 43.3 Å². The van der Waals surface area contributed by atoms with Crippen LogP contribution in [0.5, 0.6) is 0 Å². The predicted octanol–water partition coefficient (Wildman–Crippen LogP) is 4.82. The lowest BCUT2D eigenvalue weighted by Crippen LogP contribution is -2.33. The van der Waals surface area contributed by atoms with Gasteiger partial charge in [-0.25, -0.2) is 0 Å². The van der Waals surface area contributed by atoms with Gasteiger partial charge in [0.2, 0.25) is 11.8 Å². The highest BCUT2D eigenvalue weighted by molar-refractivity contribution is 8.00. The van der Waals surface area contributed by atoms with Gasteiger partial charge in [-0.1, -0.05) is 86.3 Å². The Labute approximate surface area is 176 Å². The molecule has 1 N–H and O–H groups in total. The van der Waals surface area contributed by atoms with Gasteiger partial charge >= 0.3 is 0 Å². The van der Waals surface area contributed by atoms with E-state index < -0.39 is 0 Å². The molecule has 0 spiro atoms. The fraction of sp³-hybridized carbons (Fsp3) is 0.348. The number of nitrogens with zero attached hydrogens (tertiary/aromatic N) is 2. The quantitative estimate of drug-likeness (QED) is 0.513. The van der Waals surface area contributed by atoms with Crippen LogP contribution in [0.25, 0.3) is 0 Å². The van der Waals surface area contributed by atoms with E-state index in [1.165, 1.54) is 22.9 Å². The van der Waals surface area contributed by atoms with Crippen LogP contribution in [-0.4, -0.2) is 27.9 Å². The van der Waals surface area contributed by atoms with E-state index in [2.05, 4.69) is 53.6 Å². The molecule has 5 nitrogen and oxygen atoms in total. The molecule has 0 aliphatic heterocycles. The van der Waals surface area contributed by atoms with Crippen LogP contribution in [0.2, 0.25) is 0 Å². The first-order chi connectivity index (χ1) is 14.0. The van der Waals surface area contributed by atoms with Gasteiger partial charge in [0.25, 0.3) is 5.22 Å². The van der Waals surface area contributed by atoms with Gasteiger partial charge in [-0.2, -0.15) is 0 Å². The Morgan fingerprint density at radius 2 is 1.52 bits per heavy atom. The number of nitrogens with one attached hydrogen (secondary N) is 1. The van der Waals surface area contributed by atoms with Crippen molar-refractivity contribution in [2.24, 2.45) is 0 Å². The number of carbonyl (C=O) groups excluding carboxylic acids is 1. The topological polar surface area (TPSA) is 68.0 Å². The van der Waals surface area contributed by atoms with Crippen molar-refractivity contribution >= 4 is 17.7 Å². The second kappa shape index (κ2) is 10.3. The zero-order valence-electron chi connectivity index (χ0n) is 17.0. The summed E-state index contributed by atoms with van der Waals surface area (Å²) in [5, 5.41) is 11.4. The smallest absolute Gasteiger partial charge is 0.277 e. The standard InChI is InChI=1S/C23H27N3O2S/c1-16(19-10-6-4-7-11-19)14-21-25-26-23(28-21)29-18(3)22(27)24-15-17(2)20-12-8-5-9-13-20/h4-13,16-18H,14-15H2,1-3H3,(H,24,27). The van der Waals surface area contributed by atoms with Crippen LogP contribution in [0.3, 0.4) is 0 Å². The first kappa shape index (κ1) is 21.1. The molecule has 3 rings (SSSR count). The number of rotatable bonds is 9. The Morgan fingerprint density at radius 1 is 0.931 bits per heavy atom. The minimum Gasteiger partial charge on any atom is -0.416 e. The molecule has 0 saturated carbocycles. The minimum atomic E-state index is -0.308. The van der Waals surface area contributed by atoms with E-state index in [4.69, 9.17) is 4.42 Å². The van der Waals surface area contributed by atoms with Gasteiger partial charge in [0.05, 0.1) is 5.25 Å². The molecular weight excluding hydrogens is 382 g/mol. The summed E-state index contributed by atoms with van der Waals surface area (Å²) < 4.78 is 5.75. The van der Waals surface area contributed by atoms with Crippen molar-refractivity contribution < 1.29 is 9.21 Å². The number of hydrogen-bond acceptors (Lipinski definition) is 5. The number of thioether (sulfide) groups is 1. The molecule has 29 heavy (non-hydrogen) atoms. The van der Waals surface area contributed by atoms with Crippen molar-refractivity contribution in [3.8, 4) is 0 Å². The number of carbonyl (C=O) groups is 1. The fourth-order valence-corrected chi connectivity index (χ4v) is 3.76. The van der Waals surface area contributed by atoms with Crippen molar-refractivity contribution in [3.05, 3.63) is 77.7 Å². The first-order valence-electron chi connectivity index (χ1n) is 9.89. The van der Waals surface area contributed by atoms with Crippen LogP contribution in [-0.2, 0) is 11.2 Å². The second-order valence-electron chi connectivity index (χ2n) is 7.29. The van der Waals surface area contributed by atoms with Gasteiger partial charge in [0.1, 0.15) is 0 Å². The molecule has 1 aromatic heterocycles. The lowest BCUT2D eigenvalue weighted by molar-refractivity contribution is -0.120. The van der Waals surface area contributed by atoms with Crippen molar-refractivity contribution in [2.45, 2.75) is 49.5 Å². The molecular formula is C23H27N3O2S. The van der Waals surface area contributed by atoms with Gasteiger partial charge in [0, 0.05) is 13.0 Å². The van der Waals surface area contributed by atoms with E-state index in [0.717, 1.165) is 0 Å². The average molecular weight is 410 g/mol. The van der Waals surface area contributed by atoms with Crippen LogP contribution >= 0.6 is 11.8 Å². The van der Waals surface area contributed by atoms with Crippen molar-refractivity contribution in [2.75, 3.05) is 6.54 Å². The summed E-state index contributed by atoms with van der Waals surface area (Å²) in [6, 6.07) is 20.4. The number of benzene rings is 2. The summed E-state index contributed by atoms with van der Waals surface area (Å²) in [6.07, 6.45) is 0.673. The van der Waals surface area contributed by atoms with E-state index in [0.29, 0.717) is 24.1 Å². The highest BCUT2D eigenvalue weighted by atomic mass is 32.2. The van der Waals surface area contributed by atoms with Crippen molar-refractivity contribution in [1.29, 1.82) is 0 Å². The van der Waals surface area contributed by atoms with Gasteiger partial charge in [-0.3, -0.25) is 4.79 Å². The summed E-state index contributed by atoms with van der Waals surface area (Å²) >= 11 is 1.29. The van der Waals surface area contributed by atoms with Crippen LogP contribution in [0, 0.1) is 0 Å². The molecule has 1 heterocycles. The monoisotopic (exact) mass is 409 g/mol. The molecule has 0 radical (unpaired) electrons. The van der Waals surface area contributed by atoms with E-state index in [-0.39, 0.29) is 23.0 Å². The molecule has 152 valence electrons. The molecule has 6 heteroatoms. The third-order valence-electron chi connectivity index (χ3n) is 4.90. The van der Waals surface area contributed by atoms with Crippen LogP contribution in [0.15, 0.2) is 70.3 Å². The minimum absolute atomic E-state index is 0.0322. The third-order valence-corrected chi connectivity index (χ3v) is 5.83. The van der Waals surface area contributed by atoms with E-state index in [9.17, 15) is 4.79 Å². The maximum Gasteiger partial charge on any atom is 0.277 e. The number of hydrogen-bond donors (Lipinski definition) is 1. The number of amides is 1. The van der Waals surface area contributed by atoms with Crippen LogP contribution in [0.4, 0.5) is 0 Å². The summed E-state index contributed by atoms with van der Waals surface area (Å²) in [4.78, 5) is 12.4. The Kier molecular flexibility index (Phi) is 7.47. The molecule has 1 amide bonds. The summed E-state index contributed by atoms with van der Waals surface area (Å²) in [5.74, 6) is 1.10. The molecule has 0 fully saturated rings. The Hall–Kier alpha value is -2.60. The van der Waals surface area contributed by atoms with Gasteiger partial charge in [0.15, 0.2) is 0 Å². The molecule has 0 aliphatic rings. The SMILES string of the molecule is CC(Sc1nnc(CC(C)c2ccccc2)o1)C(=O)NCC(C)c1ccccc1. The molecule has 0 aliphatic carbocycles. The van der Waals surface area contributed by atoms with E-state index >= 15 is 0 Å². The highest BCUT2D eigenvalue weighted by Crippen LogP contribution is 2.25. The maximum atomic E-state index is 12.4. The number of aromatic nitrogens is 2. The Morgan fingerprint density at radius 3 is 2.14 bits per heavy atom. The Bertz CT molecular complexity index is 899. The van der Waals surface area contributed by atoms with Crippen molar-refractivity contribution in [1.82, 2.24) is 15.5 Å². The third kappa shape index (κ3) is 6.19. The predicted molar refractivity (Wildman–Crippen MR) is 116 cm³/mol. The van der Waals surface area contributed by atoms with Crippen molar-refractivity contribution in [3.63, 3.8) is 0 Å². The average Bonchev–Trinajstić information content (AvgIpc) is 3.19. The normalized spacial score (nSPS) is 14.2. The maximum absolute atomic E-state index is 12.4. The zero-order chi connectivity index (χ0) is 20.6. The highest BCUT2D eigenvalue weighted by Gasteiger charge is 2.20. The van der Waals surface area contributed by atoms with Gasteiger partial charge in [-0.05, 0) is 29.9 Å². The lowest BCUT2D eigenvalue weighted by Gasteiger charge is -2.15. The largest absolute Gasteiger partial charge is 0.416 e. The van der Waals surface area contributed by atoms with E-state index in [1.54, 1.807) is 0 Å². The zero-order valence-corrected chi connectivity index (χ0v) is 17.9. The molecule has 3 unspecified atom stereocenters. The summed E-state index contributed by atoms with van der Waals surface area (Å²) in [5.41, 5.74) is 2.45. The Balaban J connectivity index is 1.48. The first-order valence-corrected chi connectivity index (χ1v) is 10.8. The second-order valence-corrected chi connectivity index (χ2v) is 8.59. The molecule has 3 aromatic rings. The molecule has 2 aromatic carbocycles. The van der Waals surface area contributed by atoms with Gasteiger partial charge < -0.3 is 9.73 Å². The molecule has 3 atom stereocenters. The lowest BCUT2D eigenvalue weighted by atomic mass is 9.98.